The molecule has 114 valence electrons. The molecule has 3 rings (SSSR count). The van der Waals surface area contributed by atoms with Crippen molar-refractivity contribution < 1.29 is 5.11 Å². The van der Waals surface area contributed by atoms with Crippen LogP contribution in [0.1, 0.15) is 11.6 Å². The molecule has 4 heteroatoms. The standard InChI is InChI=1S/C18H19BrN2O/c1-20-12-17(22)18(13-6-3-2-4-7-13)21-11-10-14-15(19)8-5-9-16(14)21/h2-11,17-18,20,22H,12H2,1H3. The van der Waals surface area contributed by atoms with Crippen molar-refractivity contribution in [1.29, 1.82) is 0 Å². The van der Waals surface area contributed by atoms with E-state index in [1.54, 1.807) is 0 Å². The first-order chi connectivity index (χ1) is 10.7. The van der Waals surface area contributed by atoms with Gasteiger partial charge in [0.2, 0.25) is 0 Å². The molecular formula is C18H19BrN2O. The Balaban J connectivity index is 2.14. The van der Waals surface area contributed by atoms with Crippen LogP contribution in [-0.4, -0.2) is 29.4 Å². The van der Waals surface area contributed by atoms with Gasteiger partial charge in [-0.1, -0.05) is 52.3 Å². The number of aliphatic hydroxyl groups is 1. The van der Waals surface area contributed by atoms with Crippen LogP contribution in [0.15, 0.2) is 65.3 Å². The molecule has 0 radical (unpaired) electrons. The molecule has 0 fully saturated rings. The highest BCUT2D eigenvalue weighted by Gasteiger charge is 2.23. The molecule has 0 aliphatic heterocycles. The number of benzene rings is 2. The molecule has 0 bridgehead atoms. The largest absolute Gasteiger partial charge is 0.389 e. The lowest BCUT2D eigenvalue weighted by Crippen LogP contribution is -2.33. The molecule has 0 aliphatic carbocycles. The minimum Gasteiger partial charge on any atom is -0.389 e. The quantitative estimate of drug-likeness (QED) is 0.731. The summed E-state index contributed by atoms with van der Waals surface area (Å²) in [5.74, 6) is 0. The van der Waals surface area contributed by atoms with Gasteiger partial charge < -0.3 is 15.0 Å². The van der Waals surface area contributed by atoms with Crippen LogP contribution in [0.2, 0.25) is 0 Å². The van der Waals surface area contributed by atoms with Gasteiger partial charge in [0.15, 0.2) is 0 Å². The highest BCUT2D eigenvalue weighted by Crippen LogP contribution is 2.31. The van der Waals surface area contributed by atoms with E-state index in [1.165, 1.54) is 0 Å². The lowest BCUT2D eigenvalue weighted by atomic mass is 10.0. The van der Waals surface area contributed by atoms with Crippen molar-refractivity contribution in [3.63, 3.8) is 0 Å². The summed E-state index contributed by atoms with van der Waals surface area (Å²) in [7, 11) is 1.86. The molecule has 2 aromatic carbocycles. The Morgan fingerprint density at radius 1 is 1.09 bits per heavy atom. The Morgan fingerprint density at radius 3 is 2.59 bits per heavy atom. The van der Waals surface area contributed by atoms with E-state index in [0.717, 1.165) is 20.9 Å². The third-order valence-electron chi connectivity index (χ3n) is 3.93. The molecule has 1 aromatic heterocycles. The van der Waals surface area contributed by atoms with Crippen molar-refractivity contribution in [3.8, 4) is 0 Å². The second-order valence-electron chi connectivity index (χ2n) is 5.38. The molecule has 3 aromatic rings. The zero-order valence-electron chi connectivity index (χ0n) is 12.4. The highest BCUT2D eigenvalue weighted by molar-refractivity contribution is 9.10. The van der Waals surface area contributed by atoms with Crippen molar-refractivity contribution in [2.75, 3.05) is 13.6 Å². The maximum atomic E-state index is 10.7. The van der Waals surface area contributed by atoms with Crippen molar-refractivity contribution >= 4 is 26.8 Å². The molecule has 0 spiro atoms. The molecule has 2 atom stereocenters. The third-order valence-corrected chi connectivity index (χ3v) is 4.62. The van der Waals surface area contributed by atoms with E-state index in [4.69, 9.17) is 0 Å². The maximum absolute atomic E-state index is 10.7. The van der Waals surface area contributed by atoms with E-state index in [-0.39, 0.29) is 6.04 Å². The van der Waals surface area contributed by atoms with Crippen LogP contribution in [0, 0.1) is 0 Å². The highest BCUT2D eigenvalue weighted by atomic mass is 79.9. The van der Waals surface area contributed by atoms with Crippen LogP contribution in [0.25, 0.3) is 10.9 Å². The van der Waals surface area contributed by atoms with E-state index in [2.05, 4.69) is 50.1 Å². The van der Waals surface area contributed by atoms with Gasteiger partial charge in [0, 0.05) is 28.1 Å². The Kier molecular flexibility index (Phi) is 4.62. The summed E-state index contributed by atoms with van der Waals surface area (Å²) < 4.78 is 3.22. The van der Waals surface area contributed by atoms with Gasteiger partial charge in [-0.15, -0.1) is 0 Å². The summed E-state index contributed by atoms with van der Waals surface area (Å²) in [6.45, 7) is 0.535. The van der Waals surface area contributed by atoms with E-state index < -0.39 is 6.10 Å². The van der Waals surface area contributed by atoms with E-state index in [1.807, 2.05) is 43.6 Å². The Hall–Kier alpha value is -1.62. The van der Waals surface area contributed by atoms with Gasteiger partial charge >= 0.3 is 0 Å². The summed E-state index contributed by atoms with van der Waals surface area (Å²) >= 11 is 3.60. The number of fused-ring (bicyclic) bond motifs is 1. The van der Waals surface area contributed by atoms with Gasteiger partial charge in [-0.05, 0) is 30.8 Å². The van der Waals surface area contributed by atoms with Crippen molar-refractivity contribution in [2.45, 2.75) is 12.1 Å². The number of nitrogens with zero attached hydrogens (tertiary/aromatic N) is 1. The molecular weight excluding hydrogens is 340 g/mol. The van der Waals surface area contributed by atoms with Gasteiger partial charge in [0.25, 0.3) is 0 Å². The summed E-state index contributed by atoms with van der Waals surface area (Å²) in [6, 6.07) is 18.2. The number of likely N-dealkylation sites (N-methyl/N-ethyl adjacent to an activating group) is 1. The zero-order chi connectivity index (χ0) is 15.5. The van der Waals surface area contributed by atoms with E-state index >= 15 is 0 Å². The number of hydrogen-bond acceptors (Lipinski definition) is 2. The molecule has 22 heavy (non-hydrogen) atoms. The van der Waals surface area contributed by atoms with Crippen molar-refractivity contribution in [1.82, 2.24) is 9.88 Å². The Bertz CT molecular complexity index is 754. The van der Waals surface area contributed by atoms with Crippen molar-refractivity contribution in [2.24, 2.45) is 0 Å². The van der Waals surface area contributed by atoms with Crippen LogP contribution in [0.5, 0.6) is 0 Å². The average Bonchev–Trinajstić information content (AvgIpc) is 2.94. The van der Waals surface area contributed by atoms with Crippen LogP contribution in [-0.2, 0) is 0 Å². The summed E-state index contributed by atoms with van der Waals surface area (Å²) in [5.41, 5.74) is 2.21. The molecule has 3 nitrogen and oxygen atoms in total. The number of hydrogen-bond donors (Lipinski definition) is 2. The van der Waals surface area contributed by atoms with Crippen LogP contribution < -0.4 is 5.32 Å². The Labute approximate surface area is 138 Å². The Morgan fingerprint density at radius 2 is 1.86 bits per heavy atom. The van der Waals surface area contributed by atoms with E-state index in [9.17, 15) is 5.11 Å². The molecule has 0 saturated carbocycles. The number of nitrogens with one attached hydrogen (secondary N) is 1. The first kappa shape index (κ1) is 15.3. The minimum atomic E-state index is -0.512. The predicted molar refractivity (Wildman–Crippen MR) is 94.2 cm³/mol. The summed E-state index contributed by atoms with van der Waals surface area (Å²) in [6.07, 6.45) is 1.54. The third kappa shape index (κ3) is 2.82. The fraction of sp³-hybridized carbons (Fsp3) is 0.222. The van der Waals surface area contributed by atoms with Gasteiger partial charge in [-0.2, -0.15) is 0 Å². The fourth-order valence-electron chi connectivity index (χ4n) is 2.93. The second-order valence-corrected chi connectivity index (χ2v) is 6.23. The lowest BCUT2D eigenvalue weighted by molar-refractivity contribution is 0.132. The van der Waals surface area contributed by atoms with Gasteiger partial charge in [-0.3, -0.25) is 0 Å². The summed E-state index contributed by atoms with van der Waals surface area (Å²) in [5, 5.41) is 14.9. The van der Waals surface area contributed by atoms with Crippen LogP contribution in [0.4, 0.5) is 0 Å². The monoisotopic (exact) mass is 358 g/mol. The second kappa shape index (κ2) is 6.65. The maximum Gasteiger partial charge on any atom is 0.0912 e. The average molecular weight is 359 g/mol. The zero-order valence-corrected chi connectivity index (χ0v) is 14.0. The van der Waals surface area contributed by atoms with Gasteiger partial charge in [0.05, 0.1) is 12.1 Å². The number of aliphatic hydroxyl groups excluding tert-OH is 1. The smallest absolute Gasteiger partial charge is 0.0912 e. The number of rotatable bonds is 5. The van der Waals surface area contributed by atoms with E-state index in [0.29, 0.717) is 6.54 Å². The van der Waals surface area contributed by atoms with Crippen molar-refractivity contribution in [3.05, 3.63) is 70.8 Å². The SMILES string of the molecule is CNCC(O)C(c1ccccc1)n1ccc2c(Br)cccc21. The fourth-order valence-corrected chi connectivity index (χ4v) is 3.42. The van der Waals surface area contributed by atoms with Crippen LogP contribution >= 0.6 is 15.9 Å². The van der Waals surface area contributed by atoms with Gasteiger partial charge in [0.1, 0.15) is 0 Å². The molecule has 0 amide bonds. The number of aromatic nitrogens is 1. The first-order valence-electron chi connectivity index (χ1n) is 7.35. The topological polar surface area (TPSA) is 37.2 Å². The lowest BCUT2D eigenvalue weighted by Gasteiger charge is -2.26. The molecule has 0 aliphatic rings. The number of halogens is 1. The minimum absolute atomic E-state index is 0.125. The molecule has 0 saturated heterocycles. The van der Waals surface area contributed by atoms with Gasteiger partial charge in [-0.25, -0.2) is 0 Å². The van der Waals surface area contributed by atoms with Crippen LogP contribution in [0.3, 0.4) is 0 Å². The first-order valence-corrected chi connectivity index (χ1v) is 8.14. The predicted octanol–water partition coefficient (Wildman–Crippen LogP) is 3.57. The summed E-state index contributed by atoms with van der Waals surface area (Å²) in [4.78, 5) is 0. The molecule has 2 N–H and O–H groups in total. The normalized spacial score (nSPS) is 14.1. The molecule has 2 unspecified atom stereocenters. The molecule has 1 heterocycles.